The van der Waals surface area contributed by atoms with Crippen LogP contribution in [0, 0.1) is 17.5 Å². The van der Waals surface area contributed by atoms with Crippen LogP contribution in [0.4, 0.5) is 26.3 Å². The van der Waals surface area contributed by atoms with E-state index in [1.165, 1.54) is 35.1 Å². The summed E-state index contributed by atoms with van der Waals surface area (Å²) in [5.41, 5.74) is 0.428. The molecule has 1 amide bonds. The number of rotatable bonds is 7. The normalized spacial score (nSPS) is 12.3. The zero-order valence-electron chi connectivity index (χ0n) is 22.2. The van der Waals surface area contributed by atoms with Crippen LogP contribution in [0.2, 0.25) is 0 Å². The standard InChI is InChI=1S/C31H21F6N3O3/c1-16(18-3-5-19(6-4-18)30(42)43)39-29(41)25-12-22(20-10-23(32)13-24(33)11-20)15-40-28(25)21(14-38-40)8-17-2-7-26(27(34)9-17)31(35,36)37/h2-7,9-16H,8H2,1H3,(H,39,41)(H,42,43). The van der Waals surface area contributed by atoms with Gasteiger partial charge in [-0.05, 0) is 66.1 Å². The first-order valence-corrected chi connectivity index (χ1v) is 12.8. The van der Waals surface area contributed by atoms with Crippen molar-refractivity contribution in [2.45, 2.75) is 25.6 Å². The first-order chi connectivity index (χ1) is 20.3. The Morgan fingerprint density at radius 2 is 1.60 bits per heavy atom. The Morgan fingerprint density at radius 1 is 0.930 bits per heavy atom. The zero-order valence-corrected chi connectivity index (χ0v) is 22.2. The monoisotopic (exact) mass is 597 g/mol. The lowest BCUT2D eigenvalue weighted by Gasteiger charge is -2.17. The van der Waals surface area contributed by atoms with E-state index >= 15 is 0 Å². The minimum absolute atomic E-state index is 0.0241. The molecule has 220 valence electrons. The summed E-state index contributed by atoms with van der Waals surface area (Å²) in [6.45, 7) is 1.67. The number of carbonyl (C=O) groups is 2. The number of nitrogens with one attached hydrogen (secondary N) is 1. The van der Waals surface area contributed by atoms with Crippen molar-refractivity contribution in [3.8, 4) is 11.1 Å². The van der Waals surface area contributed by atoms with Crippen molar-refractivity contribution in [1.82, 2.24) is 14.9 Å². The lowest BCUT2D eigenvalue weighted by molar-refractivity contribution is -0.140. The molecule has 43 heavy (non-hydrogen) atoms. The number of carboxylic acids is 1. The minimum atomic E-state index is -4.87. The number of carbonyl (C=O) groups excluding carboxylic acids is 1. The highest BCUT2D eigenvalue weighted by atomic mass is 19.4. The van der Waals surface area contributed by atoms with Crippen molar-refractivity contribution in [3.63, 3.8) is 0 Å². The van der Waals surface area contributed by atoms with Gasteiger partial charge in [-0.2, -0.15) is 18.3 Å². The highest BCUT2D eigenvalue weighted by molar-refractivity contribution is 6.03. The second kappa shape index (κ2) is 11.3. The Hall–Kier alpha value is -5.13. The van der Waals surface area contributed by atoms with Gasteiger partial charge in [-0.3, -0.25) is 4.79 Å². The molecule has 12 heteroatoms. The van der Waals surface area contributed by atoms with Crippen LogP contribution < -0.4 is 5.32 Å². The van der Waals surface area contributed by atoms with Gasteiger partial charge in [-0.15, -0.1) is 0 Å². The molecule has 2 N–H and O–H groups in total. The summed E-state index contributed by atoms with van der Waals surface area (Å²) in [7, 11) is 0. The molecule has 0 bridgehead atoms. The van der Waals surface area contributed by atoms with E-state index in [1.807, 2.05) is 0 Å². The fourth-order valence-corrected chi connectivity index (χ4v) is 4.76. The van der Waals surface area contributed by atoms with Crippen LogP contribution in [-0.4, -0.2) is 26.6 Å². The van der Waals surface area contributed by atoms with Gasteiger partial charge >= 0.3 is 12.1 Å². The molecule has 0 aliphatic heterocycles. The molecule has 0 saturated carbocycles. The Kier molecular flexibility index (Phi) is 7.70. The quantitative estimate of drug-likeness (QED) is 0.194. The number of pyridine rings is 1. The van der Waals surface area contributed by atoms with E-state index in [1.54, 1.807) is 19.1 Å². The highest BCUT2D eigenvalue weighted by Crippen LogP contribution is 2.33. The molecule has 1 unspecified atom stereocenters. The molecule has 0 fully saturated rings. The molecule has 0 aliphatic rings. The van der Waals surface area contributed by atoms with Gasteiger partial charge in [0.05, 0.1) is 34.4 Å². The summed E-state index contributed by atoms with van der Waals surface area (Å²) in [5, 5.41) is 16.2. The maximum absolute atomic E-state index is 14.3. The van der Waals surface area contributed by atoms with Crippen molar-refractivity contribution in [1.29, 1.82) is 0 Å². The predicted octanol–water partition coefficient (Wildman–Crippen LogP) is 7.22. The summed E-state index contributed by atoms with van der Waals surface area (Å²) >= 11 is 0. The van der Waals surface area contributed by atoms with Gasteiger partial charge in [0.2, 0.25) is 0 Å². The lowest BCUT2D eigenvalue weighted by atomic mass is 9.99. The number of fused-ring (bicyclic) bond motifs is 1. The highest BCUT2D eigenvalue weighted by Gasteiger charge is 2.34. The number of alkyl halides is 3. The number of hydrogen-bond acceptors (Lipinski definition) is 3. The molecule has 0 saturated heterocycles. The van der Waals surface area contributed by atoms with Crippen LogP contribution in [0.25, 0.3) is 16.6 Å². The van der Waals surface area contributed by atoms with Crippen molar-refractivity contribution >= 4 is 17.4 Å². The number of aromatic carboxylic acids is 1. The Bertz CT molecular complexity index is 1850. The van der Waals surface area contributed by atoms with Gasteiger partial charge in [0, 0.05) is 29.8 Å². The average Bonchev–Trinajstić information content (AvgIpc) is 3.33. The summed E-state index contributed by atoms with van der Waals surface area (Å²) < 4.78 is 82.8. The largest absolute Gasteiger partial charge is 0.478 e. The van der Waals surface area contributed by atoms with Crippen LogP contribution in [0.1, 0.15) is 55.9 Å². The third kappa shape index (κ3) is 6.22. The third-order valence-electron chi connectivity index (χ3n) is 6.87. The summed E-state index contributed by atoms with van der Waals surface area (Å²) in [6.07, 6.45) is -2.15. The van der Waals surface area contributed by atoms with E-state index in [2.05, 4.69) is 10.4 Å². The minimum Gasteiger partial charge on any atom is -0.478 e. The van der Waals surface area contributed by atoms with E-state index in [0.29, 0.717) is 23.3 Å². The second-order valence-corrected chi connectivity index (χ2v) is 9.87. The van der Waals surface area contributed by atoms with Gasteiger partial charge in [0.25, 0.3) is 5.91 Å². The van der Waals surface area contributed by atoms with Crippen molar-refractivity contribution in [2.24, 2.45) is 0 Å². The number of aromatic nitrogens is 2. The van der Waals surface area contributed by atoms with E-state index < -0.39 is 47.1 Å². The van der Waals surface area contributed by atoms with Gasteiger partial charge in [0.1, 0.15) is 17.5 Å². The molecule has 6 nitrogen and oxygen atoms in total. The fourth-order valence-electron chi connectivity index (χ4n) is 4.76. The molecule has 0 spiro atoms. The molecular formula is C31H21F6N3O3. The van der Waals surface area contributed by atoms with Crippen LogP contribution in [0.5, 0.6) is 0 Å². The van der Waals surface area contributed by atoms with Crippen molar-refractivity contribution in [2.75, 3.05) is 0 Å². The Labute approximate surface area is 240 Å². The molecule has 3 aromatic carbocycles. The maximum atomic E-state index is 14.3. The number of amides is 1. The van der Waals surface area contributed by atoms with E-state index in [4.69, 9.17) is 5.11 Å². The molecule has 0 radical (unpaired) electrons. The summed E-state index contributed by atoms with van der Waals surface area (Å²) in [5.74, 6) is -4.87. The molecule has 0 aliphatic carbocycles. The van der Waals surface area contributed by atoms with Crippen molar-refractivity contribution < 1.29 is 41.0 Å². The van der Waals surface area contributed by atoms with Crippen LogP contribution in [0.3, 0.4) is 0 Å². The summed E-state index contributed by atoms with van der Waals surface area (Å²) in [6, 6.07) is 12.0. The maximum Gasteiger partial charge on any atom is 0.419 e. The Balaban J connectivity index is 1.56. The smallest absolute Gasteiger partial charge is 0.419 e. The van der Waals surface area contributed by atoms with Gasteiger partial charge in [0.15, 0.2) is 0 Å². The molecular weight excluding hydrogens is 576 g/mol. The predicted molar refractivity (Wildman–Crippen MR) is 144 cm³/mol. The van der Waals surface area contributed by atoms with Crippen LogP contribution in [0.15, 0.2) is 79.1 Å². The number of benzene rings is 3. The van der Waals surface area contributed by atoms with Gasteiger partial charge in [-0.25, -0.2) is 22.5 Å². The van der Waals surface area contributed by atoms with Crippen LogP contribution >= 0.6 is 0 Å². The number of nitrogens with zero attached hydrogens (tertiary/aromatic N) is 2. The van der Waals surface area contributed by atoms with Crippen molar-refractivity contribution in [3.05, 3.63) is 130 Å². The van der Waals surface area contributed by atoms with Gasteiger partial charge in [-0.1, -0.05) is 18.2 Å². The van der Waals surface area contributed by atoms with Gasteiger partial charge < -0.3 is 10.4 Å². The average molecular weight is 598 g/mol. The molecule has 5 rings (SSSR count). The second-order valence-electron chi connectivity index (χ2n) is 9.87. The SMILES string of the molecule is CC(NC(=O)c1cc(-c2cc(F)cc(F)c2)cn2ncc(Cc3ccc(C(F)(F)F)c(F)c3)c12)c1ccc(C(=O)O)cc1. The number of hydrogen-bond donors (Lipinski definition) is 2. The topological polar surface area (TPSA) is 83.7 Å². The third-order valence-corrected chi connectivity index (χ3v) is 6.87. The molecule has 5 aromatic rings. The zero-order chi connectivity index (χ0) is 31.1. The van der Waals surface area contributed by atoms with E-state index in [0.717, 1.165) is 24.3 Å². The summed E-state index contributed by atoms with van der Waals surface area (Å²) in [4.78, 5) is 24.8. The molecule has 2 heterocycles. The first kappa shape index (κ1) is 29.4. The number of carboxylic acid groups (broad SMARTS) is 1. The lowest BCUT2D eigenvalue weighted by Crippen LogP contribution is -2.27. The fraction of sp³-hybridized carbons (Fsp3) is 0.129. The van der Waals surface area contributed by atoms with E-state index in [9.17, 15) is 35.9 Å². The van der Waals surface area contributed by atoms with Crippen LogP contribution in [-0.2, 0) is 12.6 Å². The molecule has 2 aromatic heterocycles. The van der Waals surface area contributed by atoms with E-state index in [-0.39, 0.29) is 39.8 Å². The number of halogens is 6. The Morgan fingerprint density at radius 3 is 2.21 bits per heavy atom. The first-order valence-electron chi connectivity index (χ1n) is 12.8. The molecule has 1 atom stereocenters.